The summed E-state index contributed by atoms with van der Waals surface area (Å²) in [7, 11) is 3.27. The molecule has 9 heteroatoms. The highest BCUT2D eigenvalue weighted by Gasteiger charge is 2.88. The number of hydrogen-bond acceptors (Lipinski definition) is 9. The minimum atomic E-state index is -1.58. The van der Waals surface area contributed by atoms with Gasteiger partial charge in [-0.05, 0) is 37.5 Å². The van der Waals surface area contributed by atoms with E-state index in [1.807, 2.05) is 4.90 Å². The Morgan fingerprint density at radius 1 is 1.18 bits per heavy atom. The van der Waals surface area contributed by atoms with Gasteiger partial charge in [-0.3, -0.25) is 9.69 Å². The minimum Gasteiger partial charge on any atom is -0.462 e. The first-order valence-electron chi connectivity index (χ1n) is 12.3. The molecule has 1 heterocycles. The largest absolute Gasteiger partial charge is 0.462 e. The molecule has 0 aromatic heterocycles. The lowest BCUT2D eigenvalue weighted by atomic mass is 9.43. The molecule has 33 heavy (non-hydrogen) atoms. The molecule has 3 unspecified atom stereocenters. The van der Waals surface area contributed by atoms with Crippen molar-refractivity contribution < 1.29 is 39.4 Å². The third-order valence-corrected chi connectivity index (χ3v) is 11.0. The predicted octanol–water partition coefficient (Wildman–Crippen LogP) is -0.507. The monoisotopic (exact) mass is 467 g/mol. The number of fused-ring (bicyclic) bond motifs is 2. The number of carbonyl (C=O) groups excluding carboxylic acids is 1. The van der Waals surface area contributed by atoms with Crippen molar-refractivity contribution >= 4 is 5.97 Å². The van der Waals surface area contributed by atoms with Gasteiger partial charge in [-0.1, -0.05) is 0 Å². The third kappa shape index (κ3) is 2.31. The van der Waals surface area contributed by atoms with Gasteiger partial charge in [0.2, 0.25) is 0 Å². The van der Waals surface area contributed by atoms with E-state index in [0.717, 1.165) is 6.42 Å². The van der Waals surface area contributed by atoms with Crippen LogP contribution < -0.4 is 0 Å². The van der Waals surface area contributed by atoms with Crippen LogP contribution in [-0.4, -0.2) is 101 Å². The lowest BCUT2D eigenvalue weighted by Gasteiger charge is -2.69. The first kappa shape index (κ1) is 22.6. The second kappa shape index (κ2) is 6.90. The topological polar surface area (TPSA) is 129 Å². The number of nitrogens with zero attached hydrogens (tertiary/aromatic N) is 1. The number of piperidine rings is 1. The highest BCUT2D eigenvalue weighted by atomic mass is 16.5. The van der Waals surface area contributed by atoms with Crippen LogP contribution in [0.1, 0.15) is 39.0 Å². The average Bonchev–Trinajstić information content (AvgIpc) is 3.17. The summed E-state index contributed by atoms with van der Waals surface area (Å²) < 4.78 is 17.3. The number of hydrogen-bond donors (Lipinski definition) is 4. The maximum Gasteiger partial charge on any atom is 0.302 e. The van der Waals surface area contributed by atoms with Crippen molar-refractivity contribution in [1.82, 2.24) is 4.90 Å². The first-order chi connectivity index (χ1) is 15.6. The molecule has 5 aliphatic carbocycles. The van der Waals surface area contributed by atoms with Crippen molar-refractivity contribution in [3.8, 4) is 0 Å². The molecule has 186 valence electrons. The third-order valence-electron chi connectivity index (χ3n) is 11.0. The summed E-state index contributed by atoms with van der Waals surface area (Å²) in [5.74, 6) is -1.25. The van der Waals surface area contributed by atoms with Crippen LogP contribution in [0.25, 0.3) is 0 Å². The van der Waals surface area contributed by atoms with Crippen molar-refractivity contribution in [2.75, 3.05) is 34.1 Å². The number of carbonyl (C=O) groups is 1. The van der Waals surface area contributed by atoms with E-state index in [2.05, 4.69) is 0 Å². The molecule has 6 aliphatic rings. The summed E-state index contributed by atoms with van der Waals surface area (Å²) in [5.41, 5.74) is -4.19. The van der Waals surface area contributed by atoms with E-state index >= 15 is 0 Å². The van der Waals surface area contributed by atoms with Gasteiger partial charge >= 0.3 is 5.97 Å². The molecule has 5 saturated carbocycles. The fraction of sp³-hybridized carbons (Fsp3) is 0.958. The summed E-state index contributed by atoms with van der Waals surface area (Å²) >= 11 is 0. The standard InChI is InChI=1S/C24H37NO8/c1-12(27)33-19-13-6-14-18(19)22(29,7-15(13)32-3)23(30)8-16-21(10-31-2)5-4-17(28)24(14,16)20(23)25(9-21)11-26/h13-20,26,28-30H,4-11H2,1-3H3/t13-,14?,15+,16?,17+,18?,19+,20-,21+,22-,23-,24-/m1/s1. The predicted molar refractivity (Wildman–Crippen MR) is 114 cm³/mol. The molecule has 0 aromatic rings. The smallest absolute Gasteiger partial charge is 0.302 e. The maximum absolute atomic E-state index is 12.5. The van der Waals surface area contributed by atoms with E-state index in [9.17, 15) is 25.2 Å². The van der Waals surface area contributed by atoms with Gasteiger partial charge in [-0.2, -0.15) is 0 Å². The quantitative estimate of drug-likeness (QED) is 0.395. The van der Waals surface area contributed by atoms with Crippen LogP contribution in [0.5, 0.6) is 0 Å². The van der Waals surface area contributed by atoms with Crippen LogP contribution >= 0.6 is 0 Å². The lowest BCUT2D eigenvalue weighted by molar-refractivity contribution is -0.318. The van der Waals surface area contributed by atoms with Crippen LogP contribution in [0, 0.1) is 34.5 Å². The number of likely N-dealkylation sites (tertiary alicyclic amines) is 1. The van der Waals surface area contributed by atoms with Gasteiger partial charge in [0.05, 0.1) is 31.6 Å². The van der Waals surface area contributed by atoms with Gasteiger partial charge in [0.1, 0.15) is 17.3 Å². The first-order valence-corrected chi connectivity index (χ1v) is 12.3. The minimum absolute atomic E-state index is 0.0659. The number of aliphatic hydroxyl groups is 4. The fourth-order valence-corrected chi connectivity index (χ4v) is 10.5. The zero-order chi connectivity index (χ0) is 23.6. The van der Waals surface area contributed by atoms with E-state index < -0.39 is 46.8 Å². The summed E-state index contributed by atoms with van der Waals surface area (Å²) in [6, 6.07) is -0.584. The molecule has 6 fully saturated rings. The van der Waals surface area contributed by atoms with Gasteiger partial charge in [0, 0.05) is 56.8 Å². The number of ether oxygens (including phenoxy) is 3. The van der Waals surface area contributed by atoms with E-state index in [0.29, 0.717) is 32.4 Å². The fourth-order valence-electron chi connectivity index (χ4n) is 10.5. The van der Waals surface area contributed by atoms with Gasteiger partial charge in [0.25, 0.3) is 0 Å². The van der Waals surface area contributed by atoms with Crippen molar-refractivity contribution in [1.29, 1.82) is 0 Å². The molecule has 7 bridgehead atoms. The molecule has 12 atom stereocenters. The van der Waals surface area contributed by atoms with Crippen LogP contribution in [0.2, 0.25) is 0 Å². The summed E-state index contributed by atoms with van der Waals surface area (Å²) in [5, 5.41) is 47.2. The Kier molecular flexibility index (Phi) is 4.73. The summed E-state index contributed by atoms with van der Waals surface area (Å²) in [6.07, 6.45) is 0.909. The second-order valence-corrected chi connectivity index (χ2v) is 11.8. The zero-order valence-electron chi connectivity index (χ0n) is 19.6. The van der Waals surface area contributed by atoms with Crippen molar-refractivity contribution in [3.63, 3.8) is 0 Å². The van der Waals surface area contributed by atoms with Crippen molar-refractivity contribution in [3.05, 3.63) is 0 Å². The van der Waals surface area contributed by atoms with Crippen molar-refractivity contribution in [2.45, 2.75) is 74.6 Å². The SMILES string of the molecule is COC[C@@]12CC[C@H](O)[C@@]34C5C[C@@H]6[C@@H](OC)C[C@@](O)(C5[C@H]6OC(C)=O)[C@@](O)(CC13)[C@H]4N(CO)C2. The van der Waals surface area contributed by atoms with Gasteiger partial charge in [-0.15, -0.1) is 0 Å². The number of rotatable bonds is 5. The number of esters is 1. The molecule has 0 amide bonds. The maximum atomic E-state index is 12.5. The lowest BCUT2D eigenvalue weighted by Crippen LogP contribution is -2.81. The van der Waals surface area contributed by atoms with E-state index in [1.54, 1.807) is 14.2 Å². The Bertz CT molecular complexity index is 856. The van der Waals surface area contributed by atoms with E-state index in [-0.39, 0.29) is 42.4 Å². The molecular weight excluding hydrogens is 430 g/mol. The molecule has 0 radical (unpaired) electrons. The molecule has 1 spiro atoms. The molecule has 9 nitrogen and oxygen atoms in total. The molecule has 1 aliphatic heterocycles. The normalized spacial score (nSPS) is 58.4. The van der Waals surface area contributed by atoms with Crippen LogP contribution in [-0.2, 0) is 19.0 Å². The van der Waals surface area contributed by atoms with Crippen LogP contribution in [0.15, 0.2) is 0 Å². The zero-order valence-corrected chi connectivity index (χ0v) is 19.6. The Morgan fingerprint density at radius 3 is 2.58 bits per heavy atom. The van der Waals surface area contributed by atoms with Gasteiger partial charge in [0.15, 0.2) is 0 Å². The summed E-state index contributed by atoms with van der Waals surface area (Å²) in [4.78, 5) is 14.0. The molecule has 1 saturated heterocycles. The Hall–Kier alpha value is -0.810. The molecule has 4 N–H and O–H groups in total. The Morgan fingerprint density at radius 2 is 1.94 bits per heavy atom. The molecule has 6 rings (SSSR count). The summed E-state index contributed by atoms with van der Waals surface area (Å²) in [6.45, 7) is 2.14. The average molecular weight is 468 g/mol. The number of aliphatic hydroxyl groups excluding tert-OH is 2. The van der Waals surface area contributed by atoms with E-state index in [4.69, 9.17) is 14.2 Å². The highest BCUT2D eigenvalue weighted by Crippen LogP contribution is 2.80. The number of methoxy groups -OCH3 is 2. The molecule has 0 aromatic carbocycles. The van der Waals surface area contributed by atoms with Crippen LogP contribution in [0.4, 0.5) is 0 Å². The van der Waals surface area contributed by atoms with E-state index in [1.165, 1.54) is 6.92 Å². The molecular formula is C24H37NO8. The Balaban J connectivity index is 1.60. The van der Waals surface area contributed by atoms with Crippen LogP contribution in [0.3, 0.4) is 0 Å². The van der Waals surface area contributed by atoms with Gasteiger partial charge in [-0.25, -0.2) is 0 Å². The van der Waals surface area contributed by atoms with Gasteiger partial charge < -0.3 is 34.6 Å². The van der Waals surface area contributed by atoms with Crippen molar-refractivity contribution in [2.24, 2.45) is 34.5 Å². The second-order valence-electron chi connectivity index (χ2n) is 11.8. The highest BCUT2D eigenvalue weighted by molar-refractivity contribution is 5.66. The Labute approximate surface area is 194 Å².